The topological polar surface area (TPSA) is 45.2 Å². The third-order valence-electron chi connectivity index (χ3n) is 5.17. The van der Waals surface area contributed by atoms with Gasteiger partial charge < -0.3 is 5.32 Å². The van der Waals surface area contributed by atoms with Crippen LogP contribution >= 0.6 is 11.3 Å². The smallest absolute Gasteiger partial charge is 0.263 e. The van der Waals surface area contributed by atoms with Crippen LogP contribution < -0.4 is 5.32 Å². The van der Waals surface area contributed by atoms with E-state index in [-0.39, 0.29) is 11.7 Å². The van der Waals surface area contributed by atoms with Crippen molar-refractivity contribution < 1.29 is 9.18 Å². The molecule has 4 rings (SSSR count). The number of amides is 1. The molecule has 1 aliphatic rings. The highest BCUT2D eigenvalue weighted by Crippen LogP contribution is 2.28. The van der Waals surface area contributed by atoms with E-state index < -0.39 is 0 Å². The van der Waals surface area contributed by atoms with E-state index in [9.17, 15) is 9.18 Å². The number of likely N-dealkylation sites (tertiary alicyclic amines) is 1. The molecule has 0 bridgehead atoms. The molecule has 150 valence electrons. The molecule has 0 atom stereocenters. The minimum absolute atomic E-state index is 0.130. The van der Waals surface area contributed by atoms with Crippen LogP contribution in [0.5, 0.6) is 0 Å². The number of rotatable bonds is 6. The molecule has 6 heteroatoms. The summed E-state index contributed by atoms with van der Waals surface area (Å²) < 4.78 is 13.1. The third-order valence-corrected chi connectivity index (χ3v) is 6.38. The van der Waals surface area contributed by atoms with Crippen LogP contribution in [0.1, 0.15) is 39.3 Å². The summed E-state index contributed by atoms with van der Waals surface area (Å²) in [4.78, 5) is 20.2. The lowest BCUT2D eigenvalue weighted by atomic mass is 10.1. The van der Waals surface area contributed by atoms with Gasteiger partial charge in [-0.3, -0.25) is 9.69 Å². The van der Waals surface area contributed by atoms with Crippen LogP contribution in [0.15, 0.2) is 48.5 Å². The van der Waals surface area contributed by atoms with Crippen molar-refractivity contribution in [3.8, 4) is 10.6 Å². The Hall–Kier alpha value is -2.57. The van der Waals surface area contributed by atoms with Gasteiger partial charge in [0.05, 0.1) is 5.69 Å². The fourth-order valence-electron chi connectivity index (χ4n) is 3.55. The van der Waals surface area contributed by atoms with Crippen LogP contribution in [0, 0.1) is 12.7 Å². The van der Waals surface area contributed by atoms with Gasteiger partial charge in [0.1, 0.15) is 15.7 Å². The molecule has 1 aromatic heterocycles. The Morgan fingerprint density at radius 2 is 1.72 bits per heavy atom. The molecule has 1 saturated heterocycles. The van der Waals surface area contributed by atoms with Gasteiger partial charge in [0, 0.05) is 18.7 Å². The molecule has 4 nitrogen and oxygen atoms in total. The Balaban J connectivity index is 1.36. The van der Waals surface area contributed by atoms with E-state index in [1.54, 1.807) is 12.1 Å². The van der Waals surface area contributed by atoms with E-state index in [1.165, 1.54) is 55.0 Å². The third kappa shape index (κ3) is 4.89. The van der Waals surface area contributed by atoms with E-state index in [4.69, 9.17) is 0 Å². The summed E-state index contributed by atoms with van der Waals surface area (Å²) in [5, 5.41) is 3.70. The van der Waals surface area contributed by atoms with E-state index in [0.29, 0.717) is 17.1 Å². The van der Waals surface area contributed by atoms with Gasteiger partial charge in [-0.15, -0.1) is 11.3 Å². The van der Waals surface area contributed by atoms with Crippen molar-refractivity contribution in [2.45, 2.75) is 32.9 Å². The number of aromatic nitrogens is 1. The Bertz CT molecular complexity index is 976. The first-order valence-corrected chi connectivity index (χ1v) is 10.7. The second-order valence-electron chi connectivity index (χ2n) is 7.42. The standard InChI is InChI=1S/C23H24FN3OS/c1-16-21(29-23(26-16)19-8-10-20(24)11-9-19)22(28)25-14-17-4-6-18(7-5-17)15-27-12-2-3-13-27/h4-11H,2-3,12-15H2,1H3,(H,25,28). The molecule has 2 heterocycles. The number of carbonyl (C=O) groups excluding carboxylic acids is 1. The van der Waals surface area contributed by atoms with E-state index in [2.05, 4.69) is 39.5 Å². The fourth-order valence-corrected chi connectivity index (χ4v) is 4.54. The van der Waals surface area contributed by atoms with Crippen LogP contribution in [0.25, 0.3) is 10.6 Å². The minimum Gasteiger partial charge on any atom is -0.347 e. The van der Waals surface area contributed by atoms with Gasteiger partial charge in [0.2, 0.25) is 0 Å². The molecule has 0 saturated carbocycles. The van der Waals surface area contributed by atoms with Gasteiger partial charge in [0.25, 0.3) is 5.91 Å². The van der Waals surface area contributed by atoms with Gasteiger partial charge in [-0.1, -0.05) is 24.3 Å². The number of nitrogens with one attached hydrogen (secondary N) is 1. The molecule has 0 spiro atoms. The molecule has 1 aliphatic heterocycles. The zero-order valence-corrected chi connectivity index (χ0v) is 17.3. The quantitative estimate of drug-likeness (QED) is 0.637. The largest absolute Gasteiger partial charge is 0.347 e. The number of aryl methyl sites for hydroxylation is 1. The zero-order valence-electron chi connectivity index (χ0n) is 16.5. The zero-order chi connectivity index (χ0) is 20.2. The number of hydrogen-bond donors (Lipinski definition) is 1. The van der Waals surface area contributed by atoms with Gasteiger partial charge >= 0.3 is 0 Å². The monoisotopic (exact) mass is 409 g/mol. The van der Waals surface area contributed by atoms with E-state index in [1.807, 2.05) is 6.92 Å². The van der Waals surface area contributed by atoms with Crippen molar-refractivity contribution in [3.63, 3.8) is 0 Å². The van der Waals surface area contributed by atoms with E-state index >= 15 is 0 Å². The number of carbonyl (C=O) groups is 1. The Morgan fingerprint density at radius 3 is 2.41 bits per heavy atom. The van der Waals surface area contributed by atoms with Gasteiger partial charge in [-0.2, -0.15) is 0 Å². The normalized spacial score (nSPS) is 14.3. The second kappa shape index (κ2) is 8.84. The minimum atomic E-state index is -0.286. The molecule has 1 N–H and O–H groups in total. The Labute approximate surface area is 174 Å². The lowest BCUT2D eigenvalue weighted by Gasteiger charge is -2.14. The molecular formula is C23H24FN3OS. The number of halogens is 1. The summed E-state index contributed by atoms with van der Waals surface area (Å²) in [6.07, 6.45) is 2.59. The van der Waals surface area contributed by atoms with Crippen molar-refractivity contribution in [1.82, 2.24) is 15.2 Å². The average molecular weight is 410 g/mol. The lowest BCUT2D eigenvalue weighted by molar-refractivity contribution is 0.0954. The van der Waals surface area contributed by atoms with Gasteiger partial charge in [-0.05, 0) is 68.2 Å². The molecule has 1 fully saturated rings. The first-order valence-electron chi connectivity index (χ1n) is 9.90. The molecule has 1 amide bonds. The molecule has 29 heavy (non-hydrogen) atoms. The number of benzene rings is 2. The summed E-state index contributed by atoms with van der Waals surface area (Å²) in [5.74, 6) is -0.416. The highest BCUT2D eigenvalue weighted by molar-refractivity contribution is 7.17. The van der Waals surface area contributed by atoms with Gasteiger partial charge in [0.15, 0.2) is 0 Å². The number of hydrogen-bond acceptors (Lipinski definition) is 4. The maximum atomic E-state index is 13.1. The molecule has 3 aromatic rings. The molecule has 0 aliphatic carbocycles. The summed E-state index contributed by atoms with van der Waals surface area (Å²) >= 11 is 1.33. The summed E-state index contributed by atoms with van der Waals surface area (Å²) in [7, 11) is 0. The highest BCUT2D eigenvalue weighted by atomic mass is 32.1. The summed E-state index contributed by atoms with van der Waals surface area (Å²) in [6.45, 7) is 5.67. The Morgan fingerprint density at radius 1 is 1.07 bits per heavy atom. The van der Waals surface area contributed by atoms with Crippen LogP contribution in [0.2, 0.25) is 0 Å². The molecule has 2 aromatic carbocycles. The van der Waals surface area contributed by atoms with Crippen molar-refractivity contribution in [2.24, 2.45) is 0 Å². The van der Waals surface area contributed by atoms with E-state index in [0.717, 1.165) is 22.7 Å². The molecule has 0 radical (unpaired) electrons. The highest BCUT2D eigenvalue weighted by Gasteiger charge is 2.16. The first kappa shape index (κ1) is 19.7. The van der Waals surface area contributed by atoms with Crippen molar-refractivity contribution >= 4 is 17.2 Å². The molecule has 0 unspecified atom stereocenters. The number of thiazole rings is 1. The van der Waals surface area contributed by atoms with Crippen LogP contribution in [-0.4, -0.2) is 28.9 Å². The van der Waals surface area contributed by atoms with Crippen LogP contribution in [0.4, 0.5) is 4.39 Å². The fraction of sp³-hybridized carbons (Fsp3) is 0.304. The number of nitrogens with zero attached hydrogens (tertiary/aromatic N) is 2. The first-order chi connectivity index (χ1) is 14.1. The second-order valence-corrected chi connectivity index (χ2v) is 8.42. The average Bonchev–Trinajstić information content (AvgIpc) is 3.37. The van der Waals surface area contributed by atoms with Crippen molar-refractivity contribution in [2.75, 3.05) is 13.1 Å². The Kier molecular flexibility index (Phi) is 6.02. The lowest BCUT2D eigenvalue weighted by Crippen LogP contribution is -2.22. The maximum Gasteiger partial charge on any atom is 0.263 e. The SMILES string of the molecule is Cc1nc(-c2ccc(F)cc2)sc1C(=O)NCc1ccc(CN2CCCC2)cc1. The van der Waals surface area contributed by atoms with Crippen molar-refractivity contribution in [1.29, 1.82) is 0 Å². The predicted octanol–water partition coefficient (Wildman–Crippen LogP) is 4.78. The van der Waals surface area contributed by atoms with Crippen LogP contribution in [-0.2, 0) is 13.1 Å². The van der Waals surface area contributed by atoms with Crippen LogP contribution in [0.3, 0.4) is 0 Å². The predicted molar refractivity (Wildman–Crippen MR) is 114 cm³/mol. The molecular weight excluding hydrogens is 385 g/mol. The van der Waals surface area contributed by atoms with Gasteiger partial charge in [-0.25, -0.2) is 9.37 Å². The summed E-state index contributed by atoms with van der Waals surface area (Å²) in [6, 6.07) is 14.6. The maximum absolute atomic E-state index is 13.1. The summed E-state index contributed by atoms with van der Waals surface area (Å²) in [5.41, 5.74) is 3.88. The van der Waals surface area contributed by atoms with Crippen molar-refractivity contribution in [3.05, 3.63) is 76.0 Å².